The molecule has 2 aromatic carbocycles. The van der Waals surface area contributed by atoms with E-state index in [1.807, 2.05) is 18.2 Å². The molecule has 0 saturated heterocycles. The topological polar surface area (TPSA) is 103 Å². The molecule has 4 aromatic rings. The molecule has 0 spiro atoms. The third kappa shape index (κ3) is 5.49. The zero-order valence-electron chi connectivity index (χ0n) is 18.6. The van der Waals surface area contributed by atoms with E-state index in [2.05, 4.69) is 25.6 Å². The molecular formula is C25H22F3N5O2. The molecule has 35 heavy (non-hydrogen) atoms. The van der Waals surface area contributed by atoms with Gasteiger partial charge in [-0.3, -0.25) is 4.79 Å². The van der Waals surface area contributed by atoms with Crippen LogP contribution >= 0.6 is 0 Å². The molecule has 0 aliphatic heterocycles. The lowest BCUT2D eigenvalue weighted by Gasteiger charge is -2.16. The number of anilines is 2. The van der Waals surface area contributed by atoms with Crippen molar-refractivity contribution < 1.29 is 23.1 Å². The molecule has 0 aliphatic carbocycles. The number of nitrogens with one attached hydrogen (secondary N) is 3. The lowest BCUT2D eigenvalue weighted by molar-refractivity contribution is -0.136. The van der Waals surface area contributed by atoms with Crippen molar-refractivity contribution >= 4 is 17.5 Å². The van der Waals surface area contributed by atoms with Gasteiger partial charge < -0.3 is 20.7 Å². The van der Waals surface area contributed by atoms with Crippen LogP contribution in [0.4, 0.5) is 24.8 Å². The molecule has 0 fully saturated rings. The van der Waals surface area contributed by atoms with Crippen molar-refractivity contribution in [3.05, 3.63) is 95.4 Å². The van der Waals surface area contributed by atoms with E-state index in [4.69, 9.17) is 0 Å². The second-order valence-corrected chi connectivity index (χ2v) is 7.81. The number of rotatable bonds is 7. The van der Waals surface area contributed by atoms with Gasteiger partial charge in [-0.05, 0) is 36.2 Å². The number of alkyl halides is 3. The largest absolute Gasteiger partial charge is 0.418 e. The molecular weight excluding hydrogens is 459 g/mol. The van der Waals surface area contributed by atoms with Gasteiger partial charge in [-0.1, -0.05) is 42.5 Å². The van der Waals surface area contributed by atoms with Crippen LogP contribution in [-0.4, -0.2) is 32.6 Å². The van der Waals surface area contributed by atoms with Crippen LogP contribution in [0.1, 0.15) is 33.2 Å². The van der Waals surface area contributed by atoms with Gasteiger partial charge in [-0.15, -0.1) is 0 Å². The molecule has 0 saturated carbocycles. The highest BCUT2D eigenvalue weighted by Gasteiger charge is 2.33. The molecule has 0 radical (unpaired) electrons. The summed E-state index contributed by atoms with van der Waals surface area (Å²) >= 11 is 0. The highest BCUT2D eigenvalue weighted by Crippen LogP contribution is 2.35. The normalized spacial score (nSPS) is 12.3. The molecule has 2 aromatic heterocycles. The number of para-hydroxylation sites is 1. The van der Waals surface area contributed by atoms with Crippen LogP contribution in [0.3, 0.4) is 0 Å². The van der Waals surface area contributed by atoms with Gasteiger partial charge in [-0.25, -0.2) is 9.97 Å². The van der Waals surface area contributed by atoms with Crippen molar-refractivity contribution in [1.82, 2.24) is 20.3 Å². The van der Waals surface area contributed by atoms with E-state index >= 15 is 0 Å². The predicted octanol–water partition coefficient (Wildman–Crippen LogP) is 5.01. The Morgan fingerprint density at radius 1 is 1.11 bits per heavy atom. The Bertz CT molecular complexity index is 1320. The molecule has 1 atom stereocenters. The van der Waals surface area contributed by atoms with Gasteiger partial charge >= 0.3 is 6.18 Å². The zero-order valence-corrected chi connectivity index (χ0v) is 18.6. The number of amides is 1. The van der Waals surface area contributed by atoms with Gasteiger partial charge in [0.2, 0.25) is 5.95 Å². The van der Waals surface area contributed by atoms with Gasteiger partial charge in [0.25, 0.3) is 5.91 Å². The molecule has 7 nitrogen and oxygen atoms in total. The summed E-state index contributed by atoms with van der Waals surface area (Å²) in [6.07, 6.45) is -1.47. The van der Waals surface area contributed by atoms with Crippen LogP contribution in [0.15, 0.2) is 73.1 Å². The zero-order chi connectivity index (χ0) is 25.0. The lowest BCUT2D eigenvalue weighted by atomic mass is 10.1. The Morgan fingerprint density at radius 2 is 1.83 bits per heavy atom. The summed E-state index contributed by atoms with van der Waals surface area (Å²) in [5, 5.41) is 15.1. The first kappa shape index (κ1) is 24.0. The van der Waals surface area contributed by atoms with Gasteiger partial charge in [0.05, 0.1) is 29.6 Å². The van der Waals surface area contributed by atoms with Crippen LogP contribution in [-0.2, 0) is 6.18 Å². The number of carbonyl (C=O) groups excluding carboxylic acids is 1. The van der Waals surface area contributed by atoms with Crippen LogP contribution in [0.2, 0.25) is 0 Å². The van der Waals surface area contributed by atoms with Crippen LogP contribution in [0.5, 0.6) is 0 Å². The Balaban J connectivity index is 1.56. The summed E-state index contributed by atoms with van der Waals surface area (Å²) in [7, 11) is 0. The summed E-state index contributed by atoms with van der Waals surface area (Å²) < 4.78 is 40.0. The van der Waals surface area contributed by atoms with Crippen LogP contribution in [0.25, 0.3) is 11.3 Å². The number of aliphatic hydroxyl groups is 1. The third-order valence-corrected chi connectivity index (χ3v) is 5.34. The summed E-state index contributed by atoms with van der Waals surface area (Å²) in [5.41, 5.74) is 1.68. The lowest BCUT2D eigenvalue weighted by Crippen LogP contribution is -2.30. The SMILES string of the molecule is Cc1cnc(Nc2ccccc2C(F)(F)F)nc1-c1c[nH]c(C(=O)N[C@H](CO)c2ccccc2)c1. The van der Waals surface area contributed by atoms with Crippen molar-refractivity contribution in [2.45, 2.75) is 19.1 Å². The van der Waals surface area contributed by atoms with E-state index in [0.29, 0.717) is 16.8 Å². The molecule has 180 valence electrons. The number of aliphatic hydroxyl groups excluding tert-OH is 1. The summed E-state index contributed by atoms with van der Waals surface area (Å²) in [6.45, 7) is 1.48. The Hall–Kier alpha value is -4.18. The van der Waals surface area contributed by atoms with Gasteiger partial charge in [-0.2, -0.15) is 13.2 Å². The molecule has 0 aliphatic rings. The molecule has 2 heterocycles. The minimum Gasteiger partial charge on any atom is -0.394 e. The van der Waals surface area contributed by atoms with Gasteiger partial charge in [0.1, 0.15) is 5.69 Å². The second kappa shape index (κ2) is 9.98. The van der Waals surface area contributed by atoms with E-state index < -0.39 is 23.7 Å². The number of aromatic nitrogens is 3. The summed E-state index contributed by atoms with van der Waals surface area (Å²) in [6, 6.07) is 15.1. The van der Waals surface area contributed by atoms with Crippen molar-refractivity contribution in [2.24, 2.45) is 0 Å². The monoisotopic (exact) mass is 481 g/mol. The first-order valence-corrected chi connectivity index (χ1v) is 10.7. The number of H-pyrrole nitrogens is 1. The average molecular weight is 481 g/mol. The summed E-state index contributed by atoms with van der Waals surface area (Å²) in [5.74, 6) is -0.442. The van der Waals surface area contributed by atoms with Crippen molar-refractivity contribution in [3.8, 4) is 11.3 Å². The van der Waals surface area contributed by atoms with Gasteiger partial charge in [0.15, 0.2) is 0 Å². The maximum absolute atomic E-state index is 13.3. The number of hydrogen-bond donors (Lipinski definition) is 4. The molecule has 0 bridgehead atoms. The Morgan fingerprint density at radius 3 is 2.54 bits per heavy atom. The van der Waals surface area contributed by atoms with E-state index in [-0.39, 0.29) is 23.9 Å². The van der Waals surface area contributed by atoms with Crippen LogP contribution < -0.4 is 10.6 Å². The van der Waals surface area contributed by atoms with E-state index in [1.165, 1.54) is 24.4 Å². The minimum absolute atomic E-state index is 0.0149. The fourth-order valence-corrected chi connectivity index (χ4v) is 3.57. The second-order valence-electron chi connectivity index (χ2n) is 7.81. The van der Waals surface area contributed by atoms with Gasteiger partial charge in [0, 0.05) is 18.0 Å². The third-order valence-electron chi connectivity index (χ3n) is 5.34. The standard InChI is InChI=1S/C25H22F3N5O2/c1-15-12-30-24(32-19-10-6-5-9-18(19)25(26,27)28)33-22(15)17-11-20(29-13-17)23(35)31-21(14-34)16-7-3-2-4-8-16/h2-13,21,29,34H,14H2,1H3,(H,31,35)(H,30,32,33)/t21-/m1/s1. The maximum Gasteiger partial charge on any atom is 0.418 e. The number of aromatic amines is 1. The number of halogens is 3. The number of benzene rings is 2. The van der Waals surface area contributed by atoms with Crippen molar-refractivity contribution in [3.63, 3.8) is 0 Å². The molecule has 4 N–H and O–H groups in total. The molecule has 1 amide bonds. The first-order chi connectivity index (χ1) is 16.8. The van der Waals surface area contributed by atoms with Crippen molar-refractivity contribution in [1.29, 1.82) is 0 Å². The van der Waals surface area contributed by atoms with E-state index in [9.17, 15) is 23.1 Å². The fourth-order valence-electron chi connectivity index (χ4n) is 3.57. The number of carbonyl (C=O) groups is 1. The first-order valence-electron chi connectivity index (χ1n) is 10.7. The Kier molecular flexibility index (Phi) is 6.83. The van der Waals surface area contributed by atoms with E-state index in [0.717, 1.165) is 11.6 Å². The predicted molar refractivity (Wildman–Crippen MR) is 125 cm³/mol. The maximum atomic E-state index is 13.3. The highest BCUT2D eigenvalue weighted by atomic mass is 19.4. The smallest absolute Gasteiger partial charge is 0.394 e. The quantitative estimate of drug-likeness (QED) is 0.297. The van der Waals surface area contributed by atoms with E-state index in [1.54, 1.807) is 31.3 Å². The summed E-state index contributed by atoms with van der Waals surface area (Å²) in [4.78, 5) is 24.1. The Labute approximate surface area is 199 Å². The number of aryl methyl sites for hydroxylation is 1. The fraction of sp³-hybridized carbons (Fsp3) is 0.160. The average Bonchev–Trinajstić information content (AvgIpc) is 3.34. The number of hydrogen-bond acceptors (Lipinski definition) is 5. The van der Waals surface area contributed by atoms with Crippen molar-refractivity contribution in [2.75, 3.05) is 11.9 Å². The molecule has 0 unspecified atom stereocenters. The molecule has 10 heteroatoms. The molecule has 4 rings (SSSR count). The number of nitrogens with zero attached hydrogens (tertiary/aromatic N) is 2. The minimum atomic E-state index is -4.54. The highest BCUT2D eigenvalue weighted by molar-refractivity contribution is 5.94. The van der Waals surface area contributed by atoms with Crippen LogP contribution in [0, 0.1) is 6.92 Å².